The smallest absolute Gasteiger partial charge is 0.306 e. The SMILES string of the molecule is COc1cc(COC(=O)CCCC(C)C)ccc1O. The fraction of sp³-hybridized carbons (Fsp3) is 0.533. The van der Waals surface area contributed by atoms with Crippen molar-refractivity contribution in [1.82, 2.24) is 0 Å². The molecule has 0 amide bonds. The molecule has 1 aromatic carbocycles. The number of rotatable bonds is 7. The van der Waals surface area contributed by atoms with E-state index in [9.17, 15) is 9.90 Å². The van der Waals surface area contributed by atoms with Gasteiger partial charge in [-0.2, -0.15) is 0 Å². The summed E-state index contributed by atoms with van der Waals surface area (Å²) < 4.78 is 10.2. The first kappa shape index (κ1) is 15.3. The van der Waals surface area contributed by atoms with E-state index in [0.717, 1.165) is 18.4 Å². The quantitative estimate of drug-likeness (QED) is 0.769. The molecule has 0 heterocycles. The highest BCUT2D eigenvalue weighted by molar-refractivity contribution is 5.69. The van der Waals surface area contributed by atoms with Crippen LogP contribution in [0.4, 0.5) is 0 Å². The van der Waals surface area contributed by atoms with Gasteiger partial charge in [-0.25, -0.2) is 0 Å². The van der Waals surface area contributed by atoms with Crippen LogP contribution in [0.5, 0.6) is 11.5 Å². The van der Waals surface area contributed by atoms with Crippen molar-refractivity contribution in [2.45, 2.75) is 39.7 Å². The highest BCUT2D eigenvalue weighted by Crippen LogP contribution is 2.26. The minimum absolute atomic E-state index is 0.0782. The molecule has 1 N–H and O–H groups in total. The molecular weight excluding hydrogens is 244 g/mol. The molecule has 106 valence electrons. The highest BCUT2D eigenvalue weighted by atomic mass is 16.5. The van der Waals surface area contributed by atoms with E-state index in [1.807, 2.05) is 0 Å². The van der Waals surface area contributed by atoms with Crippen LogP contribution in [0.3, 0.4) is 0 Å². The first-order chi connectivity index (χ1) is 9.02. The molecule has 0 atom stereocenters. The lowest BCUT2D eigenvalue weighted by atomic mass is 10.1. The lowest BCUT2D eigenvalue weighted by Crippen LogP contribution is -2.05. The van der Waals surface area contributed by atoms with Gasteiger partial charge in [0.05, 0.1) is 7.11 Å². The third-order valence-electron chi connectivity index (χ3n) is 2.81. The molecule has 0 aliphatic heterocycles. The number of ether oxygens (including phenoxy) is 2. The Balaban J connectivity index is 2.37. The topological polar surface area (TPSA) is 55.8 Å². The Morgan fingerprint density at radius 1 is 1.37 bits per heavy atom. The molecule has 0 fully saturated rings. The van der Waals surface area contributed by atoms with Crippen LogP contribution >= 0.6 is 0 Å². The van der Waals surface area contributed by atoms with E-state index < -0.39 is 0 Å². The number of methoxy groups -OCH3 is 1. The van der Waals surface area contributed by atoms with Crippen LogP contribution in [0, 0.1) is 5.92 Å². The molecule has 0 bridgehead atoms. The van der Waals surface area contributed by atoms with Crippen LogP contribution in [-0.2, 0) is 16.1 Å². The van der Waals surface area contributed by atoms with Crippen molar-refractivity contribution in [2.24, 2.45) is 5.92 Å². The average molecular weight is 266 g/mol. The normalized spacial score (nSPS) is 10.5. The van der Waals surface area contributed by atoms with Crippen molar-refractivity contribution >= 4 is 5.97 Å². The Morgan fingerprint density at radius 2 is 2.11 bits per heavy atom. The molecular formula is C15H22O4. The molecule has 0 saturated carbocycles. The summed E-state index contributed by atoms with van der Waals surface area (Å²) in [5, 5.41) is 9.45. The van der Waals surface area contributed by atoms with Gasteiger partial charge in [-0.15, -0.1) is 0 Å². The van der Waals surface area contributed by atoms with Crippen molar-refractivity contribution in [3.63, 3.8) is 0 Å². The summed E-state index contributed by atoms with van der Waals surface area (Å²) in [5.74, 6) is 0.879. The Morgan fingerprint density at radius 3 is 2.74 bits per heavy atom. The molecule has 0 aliphatic rings. The number of benzene rings is 1. The monoisotopic (exact) mass is 266 g/mol. The van der Waals surface area contributed by atoms with Gasteiger partial charge >= 0.3 is 5.97 Å². The number of hydrogen-bond donors (Lipinski definition) is 1. The summed E-state index contributed by atoms with van der Waals surface area (Å²) in [6, 6.07) is 4.90. The van der Waals surface area contributed by atoms with Crippen molar-refractivity contribution < 1.29 is 19.4 Å². The van der Waals surface area contributed by atoms with Gasteiger partial charge in [-0.1, -0.05) is 26.3 Å². The molecule has 4 nitrogen and oxygen atoms in total. The van der Waals surface area contributed by atoms with Gasteiger partial charge in [0.25, 0.3) is 0 Å². The van der Waals surface area contributed by atoms with Gasteiger partial charge in [0.2, 0.25) is 0 Å². The second-order valence-corrected chi connectivity index (χ2v) is 4.95. The lowest BCUT2D eigenvalue weighted by Gasteiger charge is -2.08. The van der Waals surface area contributed by atoms with Crippen molar-refractivity contribution in [3.05, 3.63) is 23.8 Å². The zero-order chi connectivity index (χ0) is 14.3. The fourth-order valence-electron chi connectivity index (χ4n) is 1.70. The Labute approximate surface area is 114 Å². The molecule has 0 saturated heterocycles. The third kappa shape index (κ3) is 5.64. The van der Waals surface area contributed by atoms with E-state index in [4.69, 9.17) is 9.47 Å². The van der Waals surface area contributed by atoms with Crippen LogP contribution in [0.2, 0.25) is 0 Å². The Kier molecular flexibility index (Phi) is 6.19. The van der Waals surface area contributed by atoms with Gasteiger partial charge in [0, 0.05) is 6.42 Å². The zero-order valence-electron chi connectivity index (χ0n) is 11.8. The van der Waals surface area contributed by atoms with Crippen LogP contribution < -0.4 is 4.74 Å². The molecule has 0 aliphatic carbocycles. The number of phenolic OH excluding ortho intramolecular Hbond substituents is 1. The van der Waals surface area contributed by atoms with Gasteiger partial charge in [-0.05, 0) is 30.0 Å². The minimum Gasteiger partial charge on any atom is -0.504 e. The van der Waals surface area contributed by atoms with E-state index in [1.54, 1.807) is 12.1 Å². The lowest BCUT2D eigenvalue weighted by molar-refractivity contribution is -0.145. The maximum atomic E-state index is 11.5. The number of esters is 1. The maximum Gasteiger partial charge on any atom is 0.306 e. The second kappa shape index (κ2) is 7.67. The third-order valence-corrected chi connectivity index (χ3v) is 2.81. The number of hydrogen-bond acceptors (Lipinski definition) is 4. The molecule has 4 heteroatoms. The summed E-state index contributed by atoms with van der Waals surface area (Å²) in [6.45, 7) is 4.47. The first-order valence-corrected chi connectivity index (χ1v) is 6.54. The number of carbonyl (C=O) groups excluding carboxylic acids is 1. The molecule has 0 spiro atoms. The van der Waals surface area contributed by atoms with Crippen molar-refractivity contribution in [3.8, 4) is 11.5 Å². The summed E-state index contributed by atoms with van der Waals surface area (Å²) >= 11 is 0. The maximum absolute atomic E-state index is 11.5. The summed E-state index contributed by atoms with van der Waals surface area (Å²) in [7, 11) is 1.48. The van der Waals surface area contributed by atoms with E-state index in [1.165, 1.54) is 13.2 Å². The largest absolute Gasteiger partial charge is 0.504 e. The summed E-state index contributed by atoms with van der Waals surface area (Å²) in [6.07, 6.45) is 2.34. The van der Waals surface area contributed by atoms with E-state index in [0.29, 0.717) is 18.1 Å². The Hall–Kier alpha value is -1.71. The average Bonchev–Trinajstić information content (AvgIpc) is 2.37. The number of carbonyl (C=O) groups is 1. The molecule has 1 rings (SSSR count). The zero-order valence-corrected chi connectivity index (χ0v) is 11.8. The van der Waals surface area contributed by atoms with Crippen LogP contribution in [0.1, 0.15) is 38.7 Å². The number of phenols is 1. The first-order valence-electron chi connectivity index (χ1n) is 6.54. The van der Waals surface area contributed by atoms with Gasteiger partial charge in [-0.3, -0.25) is 4.79 Å². The highest BCUT2D eigenvalue weighted by Gasteiger charge is 2.07. The van der Waals surface area contributed by atoms with Crippen molar-refractivity contribution in [2.75, 3.05) is 7.11 Å². The van der Waals surface area contributed by atoms with E-state index in [2.05, 4.69) is 13.8 Å². The minimum atomic E-state index is -0.187. The number of aromatic hydroxyl groups is 1. The van der Waals surface area contributed by atoms with Gasteiger partial charge in [0.1, 0.15) is 6.61 Å². The molecule has 0 unspecified atom stereocenters. The molecule has 0 aromatic heterocycles. The van der Waals surface area contributed by atoms with Crippen LogP contribution in [0.15, 0.2) is 18.2 Å². The van der Waals surface area contributed by atoms with E-state index in [-0.39, 0.29) is 18.3 Å². The predicted molar refractivity (Wildman–Crippen MR) is 73.1 cm³/mol. The second-order valence-electron chi connectivity index (χ2n) is 4.95. The van der Waals surface area contributed by atoms with Gasteiger partial charge < -0.3 is 14.6 Å². The van der Waals surface area contributed by atoms with Crippen LogP contribution in [-0.4, -0.2) is 18.2 Å². The molecule has 1 aromatic rings. The summed E-state index contributed by atoms with van der Waals surface area (Å²) in [4.78, 5) is 11.5. The van der Waals surface area contributed by atoms with Crippen LogP contribution in [0.25, 0.3) is 0 Å². The predicted octanol–water partition coefficient (Wildman–Crippen LogP) is 3.27. The fourth-order valence-corrected chi connectivity index (χ4v) is 1.70. The van der Waals surface area contributed by atoms with E-state index >= 15 is 0 Å². The molecule has 19 heavy (non-hydrogen) atoms. The van der Waals surface area contributed by atoms with Crippen molar-refractivity contribution in [1.29, 1.82) is 0 Å². The summed E-state index contributed by atoms with van der Waals surface area (Å²) in [5.41, 5.74) is 0.798. The molecule has 0 radical (unpaired) electrons. The Bertz CT molecular complexity index is 413. The van der Waals surface area contributed by atoms with Gasteiger partial charge in [0.15, 0.2) is 11.5 Å². The standard InChI is InChI=1S/C15H22O4/c1-11(2)5-4-6-15(17)19-10-12-7-8-13(16)14(9-12)18-3/h7-9,11,16H,4-6,10H2,1-3H3.